The summed E-state index contributed by atoms with van der Waals surface area (Å²) in [6, 6.07) is 3.54. The van der Waals surface area contributed by atoms with Crippen molar-refractivity contribution in [3.8, 4) is 11.5 Å². The molecule has 104 valence electrons. The van der Waals surface area contributed by atoms with E-state index < -0.39 is 0 Å². The van der Waals surface area contributed by atoms with Gasteiger partial charge in [-0.15, -0.1) is 6.58 Å². The average molecular weight is 301 g/mol. The van der Waals surface area contributed by atoms with Crippen LogP contribution in [-0.4, -0.2) is 25.9 Å². The molecule has 0 spiro atoms. The van der Waals surface area contributed by atoms with Gasteiger partial charge < -0.3 is 20.1 Å². The molecular weight excluding hydrogens is 284 g/mol. The third-order valence-electron chi connectivity index (χ3n) is 2.40. The van der Waals surface area contributed by atoms with Crippen LogP contribution in [-0.2, 0) is 6.54 Å². The second-order valence-electron chi connectivity index (χ2n) is 3.65. The van der Waals surface area contributed by atoms with Crippen molar-refractivity contribution in [3.05, 3.63) is 35.4 Å². The Kier molecular flexibility index (Phi) is 6.45. The molecule has 0 aliphatic carbocycles. The fourth-order valence-corrected chi connectivity index (χ4v) is 1.81. The Hall–Kier alpha value is -1.46. The minimum Gasteiger partial charge on any atom is -0.493 e. The summed E-state index contributed by atoms with van der Waals surface area (Å²) in [5, 5.41) is 7.17. The maximum absolute atomic E-state index is 6.17. The molecule has 0 bridgehead atoms. The van der Waals surface area contributed by atoms with Crippen LogP contribution in [0.4, 0.5) is 0 Å². The summed E-state index contributed by atoms with van der Waals surface area (Å²) in [5.41, 5.74) is 0.877. The van der Waals surface area contributed by atoms with Gasteiger partial charge in [-0.25, -0.2) is 0 Å². The molecule has 0 radical (unpaired) electrons. The van der Waals surface area contributed by atoms with E-state index in [0.29, 0.717) is 34.7 Å². The molecule has 1 aromatic carbocycles. The molecule has 1 rings (SSSR count). The van der Waals surface area contributed by atoms with Crippen LogP contribution < -0.4 is 20.1 Å². The molecule has 2 N–H and O–H groups in total. The van der Waals surface area contributed by atoms with Crippen molar-refractivity contribution in [3.63, 3.8) is 0 Å². The zero-order valence-corrected chi connectivity index (χ0v) is 12.5. The van der Waals surface area contributed by atoms with E-state index in [4.69, 9.17) is 33.3 Å². The predicted octanol–water partition coefficient (Wildman–Crippen LogP) is 2.51. The molecule has 19 heavy (non-hydrogen) atoms. The number of hydrogen-bond donors (Lipinski definition) is 2. The summed E-state index contributed by atoms with van der Waals surface area (Å²) in [7, 11) is 3.15. The highest BCUT2D eigenvalue weighted by Crippen LogP contribution is 2.32. The van der Waals surface area contributed by atoms with Crippen molar-refractivity contribution in [2.45, 2.75) is 6.54 Å². The zero-order valence-electron chi connectivity index (χ0n) is 11.0. The number of rotatable bonds is 6. The Labute approximate surface area is 123 Å². The lowest BCUT2D eigenvalue weighted by molar-refractivity contribution is 0.354. The maximum Gasteiger partial charge on any atom is 0.166 e. The molecule has 0 saturated heterocycles. The van der Waals surface area contributed by atoms with Gasteiger partial charge in [0.05, 0.1) is 14.2 Å². The van der Waals surface area contributed by atoms with Crippen LogP contribution in [0.5, 0.6) is 11.5 Å². The Morgan fingerprint density at radius 3 is 2.53 bits per heavy atom. The van der Waals surface area contributed by atoms with E-state index in [0.717, 1.165) is 5.56 Å². The first-order valence-electron chi connectivity index (χ1n) is 5.65. The summed E-state index contributed by atoms with van der Waals surface area (Å²) in [6.45, 7) is 4.72. The van der Waals surface area contributed by atoms with E-state index in [1.54, 1.807) is 26.4 Å². The van der Waals surface area contributed by atoms with Gasteiger partial charge >= 0.3 is 0 Å². The normalized spacial score (nSPS) is 9.63. The quantitative estimate of drug-likeness (QED) is 0.624. The first-order valence-corrected chi connectivity index (χ1v) is 6.44. The van der Waals surface area contributed by atoms with Crippen molar-refractivity contribution in [2.75, 3.05) is 20.8 Å². The van der Waals surface area contributed by atoms with Crippen molar-refractivity contribution in [1.29, 1.82) is 0 Å². The van der Waals surface area contributed by atoms with Crippen LogP contribution in [0.3, 0.4) is 0 Å². The number of halogens is 1. The number of methoxy groups -OCH3 is 2. The van der Waals surface area contributed by atoms with Gasteiger partial charge in [-0.05, 0) is 23.8 Å². The van der Waals surface area contributed by atoms with Crippen LogP contribution in [0.2, 0.25) is 5.02 Å². The van der Waals surface area contributed by atoms with Crippen molar-refractivity contribution in [1.82, 2.24) is 10.6 Å². The summed E-state index contributed by atoms with van der Waals surface area (Å²) in [4.78, 5) is 0. The van der Waals surface area contributed by atoms with E-state index in [-0.39, 0.29) is 0 Å². The Morgan fingerprint density at radius 1 is 1.32 bits per heavy atom. The van der Waals surface area contributed by atoms with Crippen LogP contribution in [0, 0.1) is 0 Å². The van der Waals surface area contributed by atoms with E-state index in [1.165, 1.54) is 0 Å². The average Bonchev–Trinajstić information content (AvgIpc) is 2.43. The summed E-state index contributed by atoms with van der Waals surface area (Å²) in [5.74, 6) is 1.23. The lowest BCUT2D eigenvalue weighted by Crippen LogP contribution is -2.34. The number of benzene rings is 1. The topological polar surface area (TPSA) is 42.5 Å². The second-order valence-corrected chi connectivity index (χ2v) is 4.47. The van der Waals surface area contributed by atoms with Crippen LogP contribution in [0.1, 0.15) is 5.56 Å². The molecule has 0 amide bonds. The fraction of sp³-hybridized carbons (Fsp3) is 0.308. The van der Waals surface area contributed by atoms with Crippen molar-refractivity contribution >= 4 is 28.9 Å². The molecule has 0 fully saturated rings. The van der Waals surface area contributed by atoms with E-state index in [1.807, 2.05) is 6.07 Å². The first kappa shape index (κ1) is 15.6. The highest BCUT2D eigenvalue weighted by Gasteiger charge is 2.09. The Bertz CT molecular complexity index is 466. The zero-order chi connectivity index (χ0) is 14.3. The molecule has 0 aliphatic heterocycles. The molecule has 0 heterocycles. The third-order valence-corrected chi connectivity index (χ3v) is 3.04. The molecule has 0 saturated carbocycles. The Morgan fingerprint density at radius 2 is 1.95 bits per heavy atom. The molecular formula is C13H17ClN2O2S. The van der Waals surface area contributed by atoms with Gasteiger partial charge in [-0.3, -0.25) is 0 Å². The number of thiocarbonyl (C=S) groups is 1. The lowest BCUT2D eigenvalue weighted by Gasteiger charge is -2.13. The lowest BCUT2D eigenvalue weighted by atomic mass is 10.2. The van der Waals surface area contributed by atoms with Crippen molar-refractivity contribution < 1.29 is 9.47 Å². The highest BCUT2D eigenvalue weighted by molar-refractivity contribution is 7.80. The molecule has 6 heteroatoms. The van der Waals surface area contributed by atoms with E-state index in [9.17, 15) is 0 Å². The fourth-order valence-electron chi connectivity index (χ4n) is 1.43. The van der Waals surface area contributed by atoms with Crippen molar-refractivity contribution in [2.24, 2.45) is 0 Å². The highest BCUT2D eigenvalue weighted by atomic mass is 35.5. The Balaban J connectivity index is 2.73. The third kappa shape index (κ3) is 4.61. The van der Waals surface area contributed by atoms with Gasteiger partial charge in [0.25, 0.3) is 0 Å². The molecule has 0 aliphatic rings. The predicted molar refractivity (Wildman–Crippen MR) is 82.2 cm³/mol. The largest absolute Gasteiger partial charge is 0.493 e. The monoisotopic (exact) mass is 300 g/mol. The maximum atomic E-state index is 6.17. The number of ether oxygens (including phenoxy) is 2. The minimum atomic E-state index is 0.502. The number of nitrogens with one attached hydrogen (secondary N) is 2. The van der Waals surface area contributed by atoms with Crippen LogP contribution in [0.15, 0.2) is 24.8 Å². The minimum absolute atomic E-state index is 0.502. The summed E-state index contributed by atoms with van der Waals surface area (Å²) < 4.78 is 10.4. The van der Waals surface area contributed by atoms with Gasteiger partial charge in [-0.1, -0.05) is 17.7 Å². The molecule has 0 unspecified atom stereocenters. The standard InChI is InChI=1S/C13H17ClN2O2S/c1-4-5-15-13(19)16-8-9-6-11(17-2)12(18-3)7-10(9)14/h4,6-7H,1,5,8H2,2-3H3,(H2,15,16,19). The number of hydrogen-bond acceptors (Lipinski definition) is 3. The SMILES string of the molecule is C=CCNC(=S)NCc1cc(OC)c(OC)cc1Cl. The van der Waals surface area contributed by atoms with Crippen LogP contribution in [0.25, 0.3) is 0 Å². The molecule has 0 atom stereocenters. The smallest absolute Gasteiger partial charge is 0.166 e. The summed E-state index contributed by atoms with van der Waals surface area (Å²) in [6.07, 6.45) is 1.73. The summed E-state index contributed by atoms with van der Waals surface area (Å²) >= 11 is 11.3. The van der Waals surface area contributed by atoms with Gasteiger partial charge in [0.2, 0.25) is 0 Å². The van der Waals surface area contributed by atoms with Gasteiger partial charge in [0, 0.05) is 24.2 Å². The molecule has 1 aromatic rings. The molecule has 4 nitrogen and oxygen atoms in total. The van der Waals surface area contributed by atoms with E-state index in [2.05, 4.69) is 17.2 Å². The molecule has 0 aromatic heterocycles. The van der Waals surface area contributed by atoms with Crippen LogP contribution >= 0.6 is 23.8 Å². The van der Waals surface area contributed by atoms with Gasteiger partial charge in [-0.2, -0.15) is 0 Å². The van der Waals surface area contributed by atoms with Gasteiger partial charge in [0.1, 0.15) is 0 Å². The first-order chi connectivity index (χ1) is 9.12. The second kappa shape index (κ2) is 7.86. The van der Waals surface area contributed by atoms with Gasteiger partial charge in [0.15, 0.2) is 16.6 Å². The van der Waals surface area contributed by atoms with E-state index >= 15 is 0 Å².